The maximum absolute atomic E-state index is 5.37. The first-order valence-corrected chi connectivity index (χ1v) is 48.3. The summed E-state index contributed by atoms with van der Waals surface area (Å²) in [6.45, 7) is 0. The largest absolute Gasteiger partial charge is 0.309 e. The van der Waals surface area contributed by atoms with E-state index in [0.717, 1.165) is 188 Å². The van der Waals surface area contributed by atoms with Crippen LogP contribution in [0.5, 0.6) is 0 Å². The second-order valence-electron chi connectivity index (χ2n) is 35.9. The van der Waals surface area contributed by atoms with Crippen LogP contribution in [0.2, 0.25) is 0 Å². The zero-order valence-electron chi connectivity index (χ0n) is 77.6. The van der Waals surface area contributed by atoms with Crippen LogP contribution in [0.4, 0.5) is 0 Å². The predicted molar refractivity (Wildman–Crippen MR) is 589 cm³/mol. The molecule has 0 saturated heterocycles. The standard InChI is InChI=1S/2C44H28N6.C41H27N3/c2*1-4-14-29(15-5-1)42-46-43(30-16-6-2-7-17-30)48-44(47-42)50-36-22-11-10-20-34(36)40-33(21-12-23-38(40)50)31-25-26-37-35(28-31)41-39(24-13-27-45-41)49(37)32-18-8-3-9-19-32;1-3-12-28(13-4-1)29-22-24-31(25-23-29)43-36-19-9-7-16-33(36)40-32(18-11-21-38(40)43)35-26-27-39-41(42-35)34-17-8-10-20-37(34)44(39)30-14-5-2-6-15-30/h2*1-28H;1-27H. The number of hydrogen-bond acceptors (Lipinski definition) is 9. The van der Waals surface area contributed by atoms with Crippen LogP contribution in [0.15, 0.2) is 504 Å². The highest BCUT2D eigenvalue weighted by Crippen LogP contribution is 2.47. The number of rotatable bonds is 14. The van der Waals surface area contributed by atoms with E-state index in [1.54, 1.807) is 0 Å². The van der Waals surface area contributed by atoms with Crippen molar-refractivity contribution in [2.24, 2.45) is 0 Å². The first kappa shape index (κ1) is 83.6. The molecule has 0 saturated carbocycles. The quantitative estimate of drug-likeness (QED) is 0.104. The molecule has 144 heavy (non-hydrogen) atoms. The molecule has 15 heteroatoms. The van der Waals surface area contributed by atoms with Gasteiger partial charge < -0.3 is 18.3 Å². The Morgan fingerprint density at radius 1 is 0.146 bits per heavy atom. The molecule has 29 rings (SSSR count). The zero-order chi connectivity index (χ0) is 95.1. The van der Waals surface area contributed by atoms with Gasteiger partial charge in [0.1, 0.15) is 0 Å². The molecule has 0 amide bonds. The number of hydrogen-bond donors (Lipinski definition) is 0. The zero-order valence-corrected chi connectivity index (χ0v) is 77.6. The predicted octanol–water partition coefficient (Wildman–Crippen LogP) is 31.5. The van der Waals surface area contributed by atoms with Gasteiger partial charge >= 0.3 is 0 Å². The van der Waals surface area contributed by atoms with Crippen LogP contribution < -0.4 is 0 Å². The Morgan fingerprint density at radius 2 is 0.417 bits per heavy atom. The summed E-state index contributed by atoms with van der Waals surface area (Å²) < 4.78 is 13.6. The van der Waals surface area contributed by atoms with Gasteiger partial charge in [-0.05, 0) is 185 Å². The minimum atomic E-state index is 0.576. The summed E-state index contributed by atoms with van der Waals surface area (Å²) in [7, 11) is 0. The van der Waals surface area contributed by atoms with Crippen molar-refractivity contribution in [1.82, 2.24) is 72.3 Å². The normalized spacial score (nSPS) is 11.6. The SMILES string of the molecule is c1ccc(-c2ccc(-n3c4ccccc4c4c(-c5ccc6c(n5)c5ccccc5n6-c5ccccc5)cccc43)cc2)cc1.c1ccc(-c2nc(-c3ccccc3)nc(-n3c4ccccc4c4c(-c5ccc6c(c5)c5ncccc5n6-c5ccccc5)cccc43)n2)cc1.c1ccc(-c2nc(-c3ccccc3)nc(-n3c4ccccc4c4c(-c5ccc6c(c5)c5ncccc5n6-c5ccccc5)cccc43)n2)cc1. The maximum atomic E-state index is 5.37. The Hall–Kier alpha value is -19.8. The van der Waals surface area contributed by atoms with Crippen LogP contribution in [0, 0.1) is 0 Å². The average molecular weight is 1840 g/mol. The van der Waals surface area contributed by atoms with Gasteiger partial charge in [0.05, 0.1) is 88.4 Å². The van der Waals surface area contributed by atoms with Gasteiger partial charge in [-0.15, -0.1) is 0 Å². The Balaban J connectivity index is 0.000000108. The minimum Gasteiger partial charge on any atom is -0.309 e. The number of para-hydroxylation sites is 7. The number of aromatic nitrogens is 15. The van der Waals surface area contributed by atoms with E-state index in [9.17, 15) is 0 Å². The lowest BCUT2D eigenvalue weighted by Crippen LogP contribution is -2.06. The highest BCUT2D eigenvalue weighted by atomic mass is 15.2. The fourth-order valence-electron chi connectivity index (χ4n) is 21.2. The Morgan fingerprint density at radius 3 is 0.819 bits per heavy atom. The highest BCUT2D eigenvalue weighted by molar-refractivity contribution is 6.21. The second-order valence-corrected chi connectivity index (χ2v) is 35.9. The molecular weight excluding hydrogens is 1760 g/mol. The minimum absolute atomic E-state index is 0.576. The monoisotopic (exact) mass is 1840 g/mol. The topological polar surface area (TPSA) is 146 Å². The van der Waals surface area contributed by atoms with Gasteiger partial charge in [-0.3, -0.25) is 19.1 Å². The summed E-state index contributed by atoms with van der Waals surface area (Å²) >= 11 is 0. The van der Waals surface area contributed by atoms with Gasteiger partial charge in [-0.1, -0.05) is 340 Å². The van der Waals surface area contributed by atoms with E-state index in [1.807, 2.05) is 158 Å². The molecule has 29 aromatic rings. The average Bonchev–Trinajstić information content (AvgIpc) is 1.58. The molecule has 0 atom stereocenters. The van der Waals surface area contributed by atoms with E-state index >= 15 is 0 Å². The number of benzene rings is 18. The van der Waals surface area contributed by atoms with E-state index in [-0.39, 0.29) is 0 Å². The number of pyridine rings is 3. The summed E-state index contributed by atoms with van der Waals surface area (Å²) in [5.41, 5.74) is 33.4. The second kappa shape index (κ2) is 35.3. The fraction of sp³-hybridized carbons (Fsp3) is 0. The van der Waals surface area contributed by atoms with Crippen molar-refractivity contribution in [1.29, 1.82) is 0 Å². The summed E-state index contributed by atoms with van der Waals surface area (Å²) in [6.07, 6.45) is 3.75. The van der Waals surface area contributed by atoms with Crippen LogP contribution in [0.25, 0.3) is 256 Å². The fourth-order valence-corrected chi connectivity index (χ4v) is 21.2. The summed E-state index contributed by atoms with van der Waals surface area (Å²) in [5.74, 6) is 3.67. The molecule has 0 bridgehead atoms. The van der Waals surface area contributed by atoms with Crippen LogP contribution in [-0.4, -0.2) is 72.3 Å². The van der Waals surface area contributed by atoms with E-state index < -0.39 is 0 Å². The first-order chi connectivity index (χ1) is 71.5. The van der Waals surface area contributed by atoms with Crippen LogP contribution >= 0.6 is 0 Å². The lowest BCUT2D eigenvalue weighted by atomic mass is 9.98. The van der Waals surface area contributed by atoms with Crippen LogP contribution in [-0.2, 0) is 0 Å². The maximum Gasteiger partial charge on any atom is 0.238 e. The Bertz CT molecular complexity index is 9490. The lowest BCUT2D eigenvalue weighted by molar-refractivity contribution is 0.953. The third kappa shape index (κ3) is 14.4. The smallest absolute Gasteiger partial charge is 0.238 e. The Kier molecular flexibility index (Phi) is 20.5. The van der Waals surface area contributed by atoms with Gasteiger partial charge in [0.25, 0.3) is 0 Å². The van der Waals surface area contributed by atoms with Gasteiger partial charge in [0.2, 0.25) is 11.9 Å². The molecule has 11 heterocycles. The molecule has 0 aliphatic rings. The molecule has 0 fully saturated rings. The molecule has 0 unspecified atom stereocenters. The molecule has 0 spiro atoms. The molecular formula is C129H83N15. The van der Waals surface area contributed by atoms with Gasteiger partial charge in [-0.2, -0.15) is 19.9 Å². The highest BCUT2D eigenvalue weighted by Gasteiger charge is 2.27. The van der Waals surface area contributed by atoms with Crippen molar-refractivity contribution < 1.29 is 0 Å². The van der Waals surface area contributed by atoms with E-state index in [2.05, 4.69) is 373 Å². The van der Waals surface area contributed by atoms with Crippen LogP contribution in [0.1, 0.15) is 0 Å². The molecule has 674 valence electrons. The molecule has 0 N–H and O–H groups in total. The van der Waals surface area contributed by atoms with E-state index in [1.165, 1.54) is 32.9 Å². The van der Waals surface area contributed by atoms with Crippen molar-refractivity contribution in [3.63, 3.8) is 0 Å². The third-order valence-electron chi connectivity index (χ3n) is 27.6. The molecule has 0 radical (unpaired) electrons. The van der Waals surface area contributed by atoms with Gasteiger partial charge in [0, 0.05) is 111 Å². The third-order valence-corrected chi connectivity index (χ3v) is 27.6. The first-order valence-electron chi connectivity index (χ1n) is 48.3. The summed E-state index contributed by atoms with van der Waals surface area (Å²) in [6, 6.07) is 171. The molecule has 11 aromatic heterocycles. The summed E-state index contributed by atoms with van der Waals surface area (Å²) in [4.78, 5) is 45.4. The van der Waals surface area contributed by atoms with Crippen molar-refractivity contribution in [2.75, 3.05) is 0 Å². The number of nitrogens with zero attached hydrogens (tertiary/aromatic N) is 15. The molecule has 0 aliphatic carbocycles. The molecule has 0 aliphatic heterocycles. The molecule has 15 nitrogen and oxygen atoms in total. The van der Waals surface area contributed by atoms with E-state index in [0.29, 0.717) is 35.2 Å². The summed E-state index contributed by atoms with van der Waals surface area (Å²) in [5, 5.41) is 10.4. The van der Waals surface area contributed by atoms with Crippen molar-refractivity contribution in [3.05, 3.63) is 504 Å². The van der Waals surface area contributed by atoms with Gasteiger partial charge in [0.15, 0.2) is 23.3 Å². The van der Waals surface area contributed by atoms with Crippen molar-refractivity contribution in [3.8, 4) is 125 Å². The van der Waals surface area contributed by atoms with Crippen molar-refractivity contribution in [2.45, 2.75) is 0 Å². The molecule has 18 aromatic carbocycles. The van der Waals surface area contributed by atoms with E-state index in [4.69, 9.17) is 44.9 Å². The van der Waals surface area contributed by atoms with Gasteiger partial charge in [-0.25, -0.2) is 15.0 Å². The van der Waals surface area contributed by atoms with Crippen LogP contribution in [0.3, 0.4) is 0 Å². The number of fused-ring (bicyclic) bond motifs is 18. The Labute approximate surface area is 826 Å². The lowest BCUT2D eigenvalue weighted by Gasteiger charge is -2.11. The van der Waals surface area contributed by atoms with Crippen molar-refractivity contribution >= 4 is 131 Å².